The fraction of sp³-hybridized carbons (Fsp3) is 0.429. The molecule has 0 bridgehead atoms. The molecule has 17 heavy (non-hydrogen) atoms. The average Bonchev–Trinajstić information content (AvgIpc) is 2.30. The molecule has 0 fully saturated rings. The molecule has 1 aromatic carbocycles. The average molecular weight is 231 g/mol. The molecule has 0 atom stereocenters. The Morgan fingerprint density at radius 3 is 2.59 bits per heavy atom. The van der Waals surface area contributed by atoms with Crippen LogP contribution in [-0.4, -0.2) is 12.4 Å². The summed E-state index contributed by atoms with van der Waals surface area (Å²) >= 11 is 0. The topological polar surface area (TPSA) is 50.1 Å². The Labute approximate surface area is 102 Å². The second-order valence-corrected chi connectivity index (χ2v) is 4.62. The van der Waals surface area contributed by atoms with Crippen LogP contribution in [0.15, 0.2) is 30.3 Å². The predicted octanol–water partition coefficient (Wildman–Crippen LogP) is 2.71. The molecular formula is C14H17NO2. The van der Waals surface area contributed by atoms with Crippen LogP contribution in [0.5, 0.6) is 0 Å². The van der Waals surface area contributed by atoms with Gasteiger partial charge in [-0.3, -0.25) is 4.79 Å². The fourth-order valence-corrected chi connectivity index (χ4v) is 1.39. The Morgan fingerprint density at radius 2 is 2.00 bits per heavy atom. The monoisotopic (exact) mass is 231 g/mol. The molecule has 0 radical (unpaired) electrons. The minimum Gasteiger partial charge on any atom is -0.376 e. The first-order valence-electron chi connectivity index (χ1n) is 5.58. The normalized spacial score (nSPS) is 10.9. The van der Waals surface area contributed by atoms with Crippen molar-refractivity contribution in [1.29, 1.82) is 5.26 Å². The van der Waals surface area contributed by atoms with Gasteiger partial charge in [-0.15, -0.1) is 0 Å². The van der Waals surface area contributed by atoms with Crippen molar-refractivity contribution < 1.29 is 9.53 Å². The Hall–Kier alpha value is -1.66. The highest BCUT2D eigenvalue weighted by Gasteiger charge is 2.27. The quantitative estimate of drug-likeness (QED) is 0.756. The van der Waals surface area contributed by atoms with Crippen molar-refractivity contribution in [3.63, 3.8) is 0 Å². The summed E-state index contributed by atoms with van der Waals surface area (Å²) in [5.41, 5.74) is 0.487. The maximum atomic E-state index is 11.6. The molecule has 1 aromatic rings. The Balaban J connectivity index is 2.41. The highest BCUT2D eigenvalue weighted by Crippen LogP contribution is 2.19. The third-order valence-electron chi connectivity index (χ3n) is 2.57. The predicted molar refractivity (Wildman–Crippen MR) is 65.1 cm³/mol. The van der Waals surface area contributed by atoms with Gasteiger partial charge < -0.3 is 4.74 Å². The second kappa shape index (κ2) is 6.17. The molecule has 3 nitrogen and oxygen atoms in total. The summed E-state index contributed by atoms with van der Waals surface area (Å²) < 4.78 is 5.52. The zero-order valence-electron chi connectivity index (χ0n) is 10.3. The third kappa shape index (κ3) is 4.38. The molecule has 3 heteroatoms. The number of nitrogens with zero attached hydrogens (tertiary/aromatic N) is 1. The molecule has 0 unspecified atom stereocenters. The summed E-state index contributed by atoms with van der Waals surface area (Å²) in [6.45, 7) is 4.43. The van der Waals surface area contributed by atoms with Crippen molar-refractivity contribution in [1.82, 2.24) is 0 Å². The van der Waals surface area contributed by atoms with Gasteiger partial charge in [0.2, 0.25) is 0 Å². The Bertz CT molecular complexity index is 404. The van der Waals surface area contributed by atoms with E-state index in [1.54, 1.807) is 13.8 Å². The number of benzene rings is 1. The lowest BCUT2D eigenvalue weighted by atomic mass is 9.88. The van der Waals surface area contributed by atoms with Crippen LogP contribution in [0.25, 0.3) is 0 Å². The zero-order valence-corrected chi connectivity index (χ0v) is 10.3. The van der Waals surface area contributed by atoms with Gasteiger partial charge >= 0.3 is 0 Å². The SMILES string of the molecule is CC(C)(COCc1ccccc1)C(=O)CC#N. The number of carbonyl (C=O) groups excluding carboxylic acids is 1. The number of hydrogen-bond donors (Lipinski definition) is 0. The van der Waals surface area contributed by atoms with Crippen molar-refractivity contribution in [3.8, 4) is 6.07 Å². The number of Topliss-reactive ketones (excluding diaryl/α,β-unsaturated/α-hetero) is 1. The first kappa shape index (κ1) is 13.4. The van der Waals surface area contributed by atoms with E-state index in [1.807, 2.05) is 36.4 Å². The summed E-state index contributed by atoms with van der Waals surface area (Å²) in [5.74, 6) is -0.0759. The van der Waals surface area contributed by atoms with Crippen LogP contribution < -0.4 is 0 Å². The number of ether oxygens (including phenoxy) is 1. The Morgan fingerprint density at radius 1 is 1.35 bits per heavy atom. The smallest absolute Gasteiger partial charge is 0.154 e. The number of ketones is 1. The maximum Gasteiger partial charge on any atom is 0.154 e. The number of carbonyl (C=O) groups is 1. The van der Waals surface area contributed by atoms with E-state index in [2.05, 4.69) is 0 Å². The zero-order chi connectivity index (χ0) is 12.7. The van der Waals surface area contributed by atoms with E-state index < -0.39 is 5.41 Å². The lowest BCUT2D eigenvalue weighted by molar-refractivity contribution is -0.129. The van der Waals surface area contributed by atoms with Gasteiger partial charge in [-0.25, -0.2) is 0 Å². The van der Waals surface area contributed by atoms with Crippen LogP contribution in [0.2, 0.25) is 0 Å². The molecule has 0 spiro atoms. The largest absolute Gasteiger partial charge is 0.376 e. The van der Waals surface area contributed by atoms with Crippen molar-refractivity contribution >= 4 is 5.78 Å². The van der Waals surface area contributed by atoms with Gasteiger partial charge in [0.1, 0.15) is 0 Å². The van der Waals surface area contributed by atoms with E-state index in [9.17, 15) is 4.79 Å². The Kier molecular flexibility index (Phi) is 4.86. The van der Waals surface area contributed by atoms with Gasteiger partial charge in [-0.2, -0.15) is 5.26 Å². The summed E-state index contributed by atoms with van der Waals surface area (Å²) in [4.78, 5) is 11.6. The standard InChI is InChI=1S/C14H17NO2/c1-14(2,13(16)8-9-15)11-17-10-12-6-4-3-5-7-12/h3-7H,8,10-11H2,1-2H3. The van der Waals surface area contributed by atoms with Gasteiger partial charge in [-0.1, -0.05) is 44.2 Å². The summed E-state index contributed by atoms with van der Waals surface area (Å²) in [6.07, 6.45) is -0.0539. The van der Waals surface area contributed by atoms with Gasteiger partial charge in [-0.05, 0) is 5.56 Å². The minimum absolute atomic E-state index is 0.0539. The molecule has 0 saturated heterocycles. The van der Waals surface area contributed by atoms with Crippen LogP contribution in [0.3, 0.4) is 0 Å². The summed E-state index contributed by atoms with van der Waals surface area (Å²) in [6, 6.07) is 11.7. The van der Waals surface area contributed by atoms with Gasteiger partial charge in [0.05, 0.1) is 25.7 Å². The van der Waals surface area contributed by atoms with Gasteiger partial charge in [0.25, 0.3) is 0 Å². The molecule has 90 valence electrons. The fourth-order valence-electron chi connectivity index (χ4n) is 1.39. The maximum absolute atomic E-state index is 11.6. The highest BCUT2D eigenvalue weighted by molar-refractivity contribution is 5.85. The molecule has 0 aliphatic carbocycles. The molecule has 1 rings (SSSR count). The minimum atomic E-state index is -0.593. The first-order valence-corrected chi connectivity index (χ1v) is 5.58. The van der Waals surface area contributed by atoms with E-state index in [4.69, 9.17) is 10.00 Å². The van der Waals surface area contributed by atoms with Crippen molar-refractivity contribution in [2.45, 2.75) is 26.9 Å². The van der Waals surface area contributed by atoms with Gasteiger partial charge in [0.15, 0.2) is 5.78 Å². The first-order chi connectivity index (χ1) is 8.06. The third-order valence-corrected chi connectivity index (χ3v) is 2.57. The van der Waals surface area contributed by atoms with E-state index in [1.165, 1.54) is 0 Å². The van der Waals surface area contributed by atoms with E-state index >= 15 is 0 Å². The molecule has 0 aliphatic rings. The number of nitriles is 1. The number of rotatable bonds is 6. The summed E-state index contributed by atoms with van der Waals surface area (Å²) in [7, 11) is 0. The molecule has 0 aliphatic heterocycles. The second-order valence-electron chi connectivity index (χ2n) is 4.62. The van der Waals surface area contributed by atoms with E-state index in [-0.39, 0.29) is 12.2 Å². The highest BCUT2D eigenvalue weighted by atomic mass is 16.5. The molecule has 0 saturated carbocycles. The van der Waals surface area contributed by atoms with Crippen molar-refractivity contribution in [2.24, 2.45) is 5.41 Å². The van der Waals surface area contributed by atoms with E-state index in [0.717, 1.165) is 5.56 Å². The van der Waals surface area contributed by atoms with Crippen LogP contribution in [0, 0.1) is 16.7 Å². The van der Waals surface area contributed by atoms with E-state index in [0.29, 0.717) is 13.2 Å². The van der Waals surface area contributed by atoms with Crippen LogP contribution in [0.1, 0.15) is 25.8 Å². The molecule has 0 amide bonds. The number of hydrogen-bond acceptors (Lipinski definition) is 3. The summed E-state index contributed by atoms with van der Waals surface area (Å²) in [5, 5.41) is 8.49. The van der Waals surface area contributed by atoms with Crippen LogP contribution >= 0.6 is 0 Å². The van der Waals surface area contributed by atoms with Crippen LogP contribution in [-0.2, 0) is 16.1 Å². The molecule has 0 N–H and O–H groups in total. The lowest BCUT2D eigenvalue weighted by Crippen LogP contribution is -2.29. The molecule has 0 heterocycles. The molecule has 0 aromatic heterocycles. The van der Waals surface area contributed by atoms with Gasteiger partial charge in [0, 0.05) is 5.41 Å². The molecular weight excluding hydrogens is 214 g/mol. The van der Waals surface area contributed by atoms with Crippen molar-refractivity contribution in [2.75, 3.05) is 6.61 Å². The van der Waals surface area contributed by atoms with Crippen LogP contribution in [0.4, 0.5) is 0 Å². The van der Waals surface area contributed by atoms with Crippen molar-refractivity contribution in [3.05, 3.63) is 35.9 Å². The lowest BCUT2D eigenvalue weighted by Gasteiger charge is -2.21.